The first-order valence-corrected chi connectivity index (χ1v) is 9.42. The van der Waals surface area contributed by atoms with E-state index in [9.17, 15) is 0 Å². The lowest BCUT2D eigenvalue weighted by Crippen LogP contribution is -2.44. The molecule has 0 unspecified atom stereocenters. The maximum atomic E-state index is 4.53. The van der Waals surface area contributed by atoms with E-state index < -0.39 is 0 Å². The molecule has 0 saturated carbocycles. The van der Waals surface area contributed by atoms with Gasteiger partial charge in [-0.1, -0.05) is 0 Å². The molecule has 0 amide bonds. The van der Waals surface area contributed by atoms with Crippen LogP contribution >= 0.6 is 23.5 Å². The molecule has 3 rings (SSSR count). The molecule has 0 spiro atoms. The van der Waals surface area contributed by atoms with Crippen LogP contribution in [0, 0.1) is 6.92 Å². The van der Waals surface area contributed by atoms with E-state index in [1.807, 2.05) is 6.92 Å². The zero-order valence-corrected chi connectivity index (χ0v) is 13.1. The minimum Gasteiger partial charge on any atom is -0.298 e. The number of hydrogen-bond donors (Lipinski definition) is 1. The van der Waals surface area contributed by atoms with Gasteiger partial charge in [-0.25, -0.2) is 4.98 Å². The van der Waals surface area contributed by atoms with Crippen LogP contribution in [0.5, 0.6) is 0 Å². The second-order valence-corrected chi connectivity index (χ2v) is 7.72. The highest BCUT2D eigenvalue weighted by atomic mass is 32.2. The largest absolute Gasteiger partial charge is 0.298 e. The fourth-order valence-electron chi connectivity index (χ4n) is 2.91. The zero-order valence-electron chi connectivity index (χ0n) is 11.5. The van der Waals surface area contributed by atoms with Gasteiger partial charge in [-0.3, -0.25) is 10.00 Å². The molecule has 6 heteroatoms. The van der Waals surface area contributed by atoms with E-state index in [-0.39, 0.29) is 0 Å². The van der Waals surface area contributed by atoms with Crippen LogP contribution < -0.4 is 0 Å². The number of rotatable bonds is 2. The summed E-state index contributed by atoms with van der Waals surface area (Å²) in [6.45, 7) is 4.38. The molecule has 0 aromatic carbocycles. The van der Waals surface area contributed by atoms with Gasteiger partial charge in [-0.05, 0) is 26.3 Å². The summed E-state index contributed by atoms with van der Waals surface area (Å²) in [7, 11) is 0. The summed E-state index contributed by atoms with van der Waals surface area (Å²) in [4.78, 5) is 7.21. The van der Waals surface area contributed by atoms with Crippen molar-refractivity contribution in [2.24, 2.45) is 0 Å². The molecule has 2 saturated heterocycles. The van der Waals surface area contributed by atoms with Gasteiger partial charge in [-0.2, -0.15) is 28.6 Å². The Bertz CT molecular complexity index is 401. The maximum absolute atomic E-state index is 4.53. The van der Waals surface area contributed by atoms with Crippen LogP contribution in [-0.2, 0) is 0 Å². The predicted octanol–water partition coefficient (Wildman–Crippen LogP) is 2.14. The molecular weight excluding hydrogens is 276 g/mol. The first-order valence-electron chi connectivity index (χ1n) is 7.11. The third-order valence-corrected chi connectivity index (χ3v) is 6.43. The van der Waals surface area contributed by atoms with Crippen LogP contribution in [0.2, 0.25) is 0 Å². The van der Waals surface area contributed by atoms with Gasteiger partial charge in [0.15, 0.2) is 5.82 Å². The van der Waals surface area contributed by atoms with E-state index in [0.717, 1.165) is 24.2 Å². The van der Waals surface area contributed by atoms with Gasteiger partial charge in [-0.15, -0.1) is 0 Å². The van der Waals surface area contributed by atoms with Crippen LogP contribution in [0.15, 0.2) is 0 Å². The number of likely N-dealkylation sites (tertiary alicyclic amines) is 1. The van der Waals surface area contributed by atoms with Gasteiger partial charge in [0, 0.05) is 41.5 Å². The summed E-state index contributed by atoms with van der Waals surface area (Å²) < 4.78 is 0. The molecule has 4 nitrogen and oxygen atoms in total. The summed E-state index contributed by atoms with van der Waals surface area (Å²) in [5, 5.41) is 7.35. The Morgan fingerprint density at radius 1 is 1.26 bits per heavy atom. The molecule has 0 aliphatic carbocycles. The van der Waals surface area contributed by atoms with E-state index in [2.05, 4.69) is 43.6 Å². The van der Waals surface area contributed by atoms with Crippen LogP contribution in [0.25, 0.3) is 0 Å². The van der Waals surface area contributed by atoms with E-state index in [1.165, 1.54) is 42.4 Å². The van der Waals surface area contributed by atoms with Crippen molar-refractivity contribution in [2.45, 2.75) is 31.7 Å². The van der Waals surface area contributed by atoms with E-state index >= 15 is 0 Å². The molecule has 1 N–H and O–H groups in total. The van der Waals surface area contributed by atoms with Crippen molar-refractivity contribution in [1.29, 1.82) is 0 Å². The van der Waals surface area contributed by atoms with Crippen molar-refractivity contribution in [3.8, 4) is 0 Å². The fourth-order valence-corrected chi connectivity index (χ4v) is 5.53. The maximum Gasteiger partial charge on any atom is 0.155 e. The van der Waals surface area contributed by atoms with E-state index in [1.54, 1.807) is 0 Å². The molecule has 2 aliphatic heterocycles. The summed E-state index contributed by atoms with van der Waals surface area (Å²) in [6.07, 6.45) is 2.52. The monoisotopic (exact) mass is 298 g/mol. The lowest BCUT2D eigenvalue weighted by molar-refractivity contribution is 0.170. The van der Waals surface area contributed by atoms with Crippen molar-refractivity contribution < 1.29 is 0 Å². The fraction of sp³-hybridized carbons (Fsp3) is 0.846. The summed E-state index contributed by atoms with van der Waals surface area (Å²) >= 11 is 4.24. The summed E-state index contributed by atoms with van der Waals surface area (Å²) in [5.74, 6) is 7.72. The third kappa shape index (κ3) is 3.47. The number of aryl methyl sites for hydroxylation is 1. The van der Waals surface area contributed by atoms with Gasteiger partial charge in [0.05, 0.1) is 0 Å². The molecule has 2 fully saturated rings. The highest BCUT2D eigenvalue weighted by Gasteiger charge is 2.29. The average molecular weight is 298 g/mol. The standard InChI is InChI=1S/C13H22N4S2/c1-10-14-13(16-15-10)11-3-2-4-17(7-11)12-8-18-5-6-19-9-12/h11-12H,2-9H2,1H3,(H,14,15,16)/t11-/m0/s1. The van der Waals surface area contributed by atoms with Crippen LogP contribution in [-0.4, -0.2) is 62.2 Å². The number of piperidine rings is 1. The van der Waals surface area contributed by atoms with Crippen molar-refractivity contribution in [2.75, 3.05) is 36.1 Å². The minimum absolute atomic E-state index is 0.525. The van der Waals surface area contributed by atoms with Crippen LogP contribution in [0.1, 0.15) is 30.4 Å². The number of nitrogens with zero attached hydrogens (tertiary/aromatic N) is 3. The highest BCUT2D eigenvalue weighted by Crippen LogP contribution is 2.28. The zero-order chi connectivity index (χ0) is 13.1. The Morgan fingerprint density at radius 3 is 2.74 bits per heavy atom. The Labute approximate surface area is 123 Å². The van der Waals surface area contributed by atoms with Gasteiger partial charge in [0.25, 0.3) is 0 Å². The van der Waals surface area contributed by atoms with Gasteiger partial charge in [0.1, 0.15) is 5.82 Å². The molecule has 1 atom stereocenters. The minimum atomic E-state index is 0.525. The molecule has 3 heterocycles. The smallest absolute Gasteiger partial charge is 0.155 e. The number of aromatic nitrogens is 3. The second kappa shape index (κ2) is 6.50. The average Bonchev–Trinajstić information content (AvgIpc) is 2.71. The normalized spacial score (nSPS) is 27.3. The van der Waals surface area contributed by atoms with Crippen LogP contribution in [0.4, 0.5) is 0 Å². The van der Waals surface area contributed by atoms with Gasteiger partial charge < -0.3 is 0 Å². The number of H-pyrrole nitrogens is 1. The first kappa shape index (κ1) is 13.8. The highest BCUT2D eigenvalue weighted by molar-refractivity contribution is 8.03. The van der Waals surface area contributed by atoms with E-state index in [0.29, 0.717) is 5.92 Å². The van der Waals surface area contributed by atoms with Crippen molar-refractivity contribution >= 4 is 23.5 Å². The Hall–Kier alpha value is -0.200. The molecule has 19 heavy (non-hydrogen) atoms. The molecule has 0 radical (unpaired) electrons. The topological polar surface area (TPSA) is 44.8 Å². The van der Waals surface area contributed by atoms with E-state index in [4.69, 9.17) is 0 Å². The van der Waals surface area contributed by atoms with Gasteiger partial charge >= 0.3 is 0 Å². The molecular formula is C13H22N4S2. The number of nitrogens with one attached hydrogen (secondary N) is 1. The predicted molar refractivity (Wildman–Crippen MR) is 83.1 cm³/mol. The van der Waals surface area contributed by atoms with Gasteiger partial charge in [0.2, 0.25) is 0 Å². The Morgan fingerprint density at radius 2 is 2.05 bits per heavy atom. The SMILES string of the molecule is Cc1nc([C@H]2CCCN(C3CSCCSC3)C2)n[nH]1. The molecule has 2 aliphatic rings. The molecule has 0 bridgehead atoms. The summed E-state index contributed by atoms with van der Waals surface area (Å²) in [6, 6.07) is 0.750. The molecule has 1 aromatic heterocycles. The quantitative estimate of drug-likeness (QED) is 0.906. The number of hydrogen-bond acceptors (Lipinski definition) is 5. The van der Waals surface area contributed by atoms with Crippen molar-refractivity contribution in [3.63, 3.8) is 0 Å². The lowest BCUT2D eigenvalue weighted by atomic mass is 9.96. The molecule has 1 aromatic rings. The van der Waals surface area contributed by atoms with Crippen LogP contribution in [0.3, 0.4) is 0 Å². The Kier molecular flexibility index (Phi) is 4.71. The number of thioether (sulfide) groups is 2. The van der Waals surface area contributed by atoms with Crippen molar-refractivity contribution in [3.05, 3.63) is 11.6 Å². The number of aromatic amines is 1. The summed E-state index contributed by atoms with van der Waals surface area (Å²) in [5.41, 5.74) is 0. The first-order chi connectivity index (χ1) is 9.33. The second-order valence-electron chi connectivity index (χ2n) is 5.42. The van der Waals surface area contributed by atoms with Crippen molar-refractivity contribution in [1.82, 2.24) is 20.1 Å². The third-order valence-electron chi connectivity index (χ3n) is 3.94. The Balaban J connectivity index is 1.63. The lowest BCUT2D eigenvalue weighted by Gasteiger charge is -2.36. The molecule has 106 valence electrons.